The van der Waals surface area contributed by atoms with E-state index in [-0.39, 0.29) is 6.04 Å². The van der Waals surface area contributed by atoms with Gasteiger partial charge in [0.05, 0.1) is 11.7 Å². The third-order valence-corrected chi connectivity index (χ3v) is 3.64. The van der Waals surface area contributed by atoms with Gasteiger partial charge in [-0.05, 0) is 23.3 Å². The summed E-state index contributed by atoms with van der Waals surface area (Å²) in [5.41, 5.74) is 9.38. The number of hydrogen-bond acceptors (Lipinski definition) is 5. The molecule has 1 rings (SSSR count). The van der Waals surface area contributed by atoms with Gasteiger partial charge in [0.1, 0.15) is 0 Å². The van der Waals surface area contributed by atoms with Gasteiger partial charge >= 0.3 is 0 Å². The first-order valence-corrected chi connectivity index (χ1v) is 7.52. The molecular formula is C17H21N3OS. The van der Waals surface area contributed by atoms with E-state index in [1.54, 1.807) is 13.1 Å². The third kappa shape index (κ3) is 5.04. The number of nitrogens with zero attached hydrogens (tertiary/aromatic N) is 1. The number of benzene rings is 1. The van der Waals surface area contributed by atoms with E-state index < -0.39 is 0 Å². The second-order valence-electron chi connectivity index (χ2n) is 4.58. The number of anilines is 1. The van der Waals surface area contributed by atoms with Crippen molar-refractivity contribution in [3.8, 4) is 0 Å². The van der Waals surface area contributed by atoms with Crippen LogP contribution in [0, 0.1) is 0 Å². The zero-order chi connectivity index (χ0) is 16.5. The molecule has 0 aromatic heterocycles. The summed E-state index contributed by atoms with van der Waals surface area (Å²) in [6.45, 7) is 7.58. The van der Waals surface area contributed by atoms with E-state index in [0.29, 0.717) is 0 Å². The van der Waals surface area contributed by atoms with Gasteiger partial charge in [-0.15, -0.1) is 0 Å². The highest BCUT2D eigenvalue weighted by atomic mass is 32.2. The smallest absolute Gasteiger partial charge is 0.181 e. The van der Waals surface area contributed by atoms with Crippen molar-refractivity contribution in [2.24, 2.45) is 11.6 Å². The Hall–Kier alpha value is -2.08. The maximum absolute atomic E-state index is 10.8. The van der Waals surface area contributed by atoms with Crippen LogP contribution in [0.15, 0.2) is 72.2 Å². The molecule has 0 saturated heterocycles. The van der Waals surface area contributed by atoms with E-state index in [9.17, 15) is 4.79 Å². The third-order valence-electron chi connectivity index (χ3n) is 2.97. The molecule has 116 valence electrons. The Morgan fingerprint density at radius 1 is 1.36 bits per heavy atom. The van der Waals surface area contributed by atoms with Gasteiger partial charge in [0.15, 0.2) is 5.62 Å². The molecule has 0 radical (unpaired) electrons. The summed E-state index contributed by atoms with van der Waals surface area (Å²) in [7, 11) is 1.72. The van der Waals surface area contributed by atoms with Crippen molar-refractivity contribution >= 4 is 23.1 Å². The minimum absolute atomic E-state index is 0.350. The van der Waals surface area contributed by atoms with Crippen LogP contribution in [-0.2, 0) is 4.79 Å². The minimum atomic E-state index is -0.350. The largest absolute Gasteiger partial charge is 0.320 e. The van der Waals surface area contributed by atoms with Crippen LogP contribution in [0.3, 0.4) is 0 Å². The van der Waals surface area contributed by atoms with Gasteiger partial charge in [-0.1, -0.05) is 61.4 Å². The first kappa shape index (κ1) is 18.0. The monoisotopic (exact) mass is 315 g/mol. The number of carbonyl (C=O) groups is 1. The molecule has 0 heterocycles. The Morgan fingerprint density at radius 3 is 2.68 bits per heavy atom. The SMILES string of the molecule is C=C/C=C\C=C/C(=C)C(N)c1ccc(N(C)N)c(SC=O)c1. The van der Waals surface area contributed by atoms with Crippen LogP contribution in [0.2, 0.25) is 0 Å². The van der Waals surface area contributed by atoms with E-state index in [4.69, 9.17) is 11.6 Å². The number of nitrogens with two attached hydrogens (primary N) is 2. The van der Waals surface area contributed by atoms with Crippen LogP contribution < -0.4 is 16.6 Å². The molecule has 0 bridgehead atoms. The zero-order valence-corrected chi connectivity index (χ0v) is 13.4. The minimum Gasteiger partial charge on any atom is -0.320 e. The van der Waals surface area contributed by atoms with Crippen molar-refractivity contribution in [3.63, 3.8) is 0 Å². The predicted molar refractivity (Wildman–Crippen MR) is 96.2 cm³/mol. The molecule has 1 atom stereocenters. The maximum Gasteiger partial charge on any atom is 0.181 e. The lowest BCUT2D eigenvalue weighted by molar-refractivity contribution is 0.570. The van der Waals surface area contributed by atoms with Gasteiger partial charge in [0, 0.05) is 11.9 Å². The molecule has 1 unspecified atom stereocenters. The molecule has 0 spiro atoms. The normalized spacial score (nSPS) is 12.5. The molecule has 0 aliphatic rings. The van der Waals surface area contributed by atoms with Crippen LogP contribution in [0.4, 0.5) is 5.69 Å². The lowest BCUT2D eigenvalue weighted by Crippen LogP contribution is -2.25. The Bertz CT molecular complexity index is 606. The van der Waals surface area contributed by atoms with Crippen LogP contribution in [0.25, 0.3) is 0 Å². The Balaban J connectivity index is 3.00. The van der Waals surface area contributed by atoms with E-state index in [2.05, 4.69) is 13.2 Å². The molecule has 0 saturated carbocycles. The lowest BCUT2D eigenvalue weighted by Gasteiger charge is -2.19. The van der Waals surface area contributed by atoms with Crippen molar-refractivity contribution in [2.45, 2.75) is 10.9 Å². The molecule has 1 aromatic rings. The molecule has 0 aliphatic heterocycles. The second-order valence-corrected chi connectivity index (χ2v) is 5.45. The van der Waals surface area contributed by atoms with Crippen LogP contribution in [-0.4, -0.2) is 12.7 Å². The summed E-state index contributed by atoms with van der Waals surface area (Å²) >= 11 is 1.07. The molecule has 4 nitrogen and oxygen atoms in total. The molecule has 4 N–H and O–H groups in total. The van der Waals surface area contributed by atoms with Gasteiger partial charge in [-0.3, -0.25) is 4.79 Å². The Kier molecular flexibility index (Phi) is 7.39. The van der Waals surface area contributed by atoms with E-state index in [0.717, 1.165) is 39.1 Å². The van der Waals surface area contributed by atoms with E-state index >= 15 is 0 Å². The van der Waals surface area contributed by atoms with Gasteiger partial charge < -0.3 is 10.7 Å². The second kappa shape index (κ2) is 9.04. The summed E-state index contributed by atoms with van der Waals surface area (Å²) in [6.07, 6.45) is 9.07. The lowest BCUT2D eigenvalue weighted by atomic mass is 10.00. The van der Waals surface area contributed by atoms with Gasteiger partial charge in [-0.25, -0.2) is 5.84 Å². The standard InChI is InChI=1S/C17H21N3OS/c1-4-5-6-7-8-13(2)17(18)14-9-10-15(20(3)19)16(11-14)22-12-21/h4-12,17H,1-2,18-19H2,3H3/b6-5-,8-7-. The maximum atomic E-state index is 10.8. The highest BCUT2D eigenvalue weighted by molar-refractivity contribution is 8.12. The van der Waals surface area contributed by atoms with Crippen molar-refractivity contribution in [2.75, 3.05) is 12.1 Å². The average Bonchev–Trinajstić information content (AvgIpc) is 2.50. The summed E-state index contributed by atoms with van der Waals surface area (Å²) in [5, 5.41) is 1.47. The quantitative estimate of drug-likeness (QED) is 0.253. The Labute approximate surface area is 135 Å². The molecule has 5 heteroatoms. The number of hydrazine groups is 1. The summed E-state index contributed by atoms with van der Waals surface area (Å²) in [5.74, 6) is 5.75. The van der Waals surface area contributed by atoms with Crippen molar-refractivity contribution in [1.29, 1.82) is 0 Å². The number of hydrogen-bond donors (Lipinski definition) is 2. The van der Waals surface area contributed by atoms with E-state index in [1.807, 2.05) is 42.5 Å². The Morgan fingerprint density at radius 2 is 2.09 bits per heavy atom. The summed E-state index contributed by atoms with van der Waals surface area (Å²) in [6, 6.07) is 5.24. The van der Waals surface area contributed by atoms with Crippen molar-refractivity contribution < 1.29 is 4.79 Å². The first-order chi connectivity index (χ1) is 10.5. The molecule has 1 aromatic carbocycles. The topological polar surface area (TPSA) is 72.3 Å². The molecule has 0 fully saturated rings. The van der Waals surface area contributed by atoms with Gasteiger partial charge in [0.2, 0.25) is 0 Å². The highest BCUT2D eigenvalue weighted by Gasteiger charge is 2.12. The molecule has 0 amide bonds. The fraction of sp³-hybridized carbons (Fsp3) is 0.118. The van der Waals surface area contributed by atoms with Crippen molar-refractivity contribution in [3.05, 3.63) is 72.9 Å². The number of allylic oxidation sites excluding steroid dienone is 4. The summed E-state index contributed by atoms with van der Waals surface area (Å²) in [4.78, 5) is 11.6. The molecule has 0 aliphatic carbocycles. The summed E-state index contributed by atoms with van der Waals surface area (Å²) < 4.78 is 0. The molecular weight excluding hydrogens is 294 g/mol. The number of rotatable bonds is 8. The number of thioether (sulfide) groups is 1. The zero-order valence-electron chi connectivity index (χ0n) is 12.6. The average molecular weight is 315 g/mol. The van der Waals surface area contributed by atoms with Crippen LogP contribution in [0.1, 0.15) is 11.6 Å². The van der Waals surface area contributed by atoms with Gasteiger partial charge in [-0.2, -0.15) is 0 Å². The first-order valence-electron chi connectivity index (χ1n) is 6.64. The van der Waals surface area contributed by atoms with Gasteiger partial charge in [0.25, 0.3) is 0 Å². The highest BCUT2D eigenvalue weighted by Crippen LogP contribution is 2.31. The van der Waals surface area contributed by atoms with Crippen LogP contribution in [0.5, 0.6) is 0 Å². The van der Waals surface area contributed by atoms with E-state index in [1.165, 1.54) is 5.01 Å². The number of carbonyl (C=O) groups excluding carboxylic acids is 1. The fourth-order valence-corrected chi connectivity index (χ4v) is 2.44. The fourth-order valence-electron chi connectivity index (χ4n) is 1.80. The molecule has 22 heavy (non-hydrogen) atoms. The predicted octanol–water partition coefficient (Wildman–Crippen LogP) is 3.13. The van der Waals surface area contributed by atoms with Crippen LogP contribution >= 0.6 is 11.8 Å². The van der Waals surface area contributed by atoms with Crippen molar-refractivity contribution in [1.82, 2.24) is 0 Å².